The Bertz CT molecular complexity index is 902. The van der Waals surface area contributed by atoms with E-state index in [2.05, 4.69) is 52.3 Å². The van der Waals surface area contributed by atoms with Gasteiger partial charge in [0.2, 0.25) is 5.91 Å². The van der Waals surface area contributed by atoms with E-state index in [-0.39, 0.29) is 24.3 Å². The number of piperidine rings is 2. The van der Waals surface area contributed by atoms with Crippen molar-refractivity contribution < 1.29 is 14.7 Å². The molecule has 33 heavy (non-hydrogen) atoms. The number of likely N-dealkylation sites (tertiary alicyclic amines) is 1. The molecule has 2 heterocycles. The van der Waals surface area contributed by atoms with E-state index in [4.69, 9.17) is 5.11 Å². The van der Waals surface area contributed by atoms with E-state index < -0.39 is 5.97 Å². The van der Waals surface area contributed by atoms with Crippen LogP contribution in [0.2, 0.25) is 0 Å². The van der Waals surface area contributed by atoms with Gasteiger partial charge in [0, 0.05) is 43.7 Å². The molecule has 1 N–H and O–H groups in total. The van der Waals surface area contributed by atoms with Gasteiger partial charge in [-0.05, 0) is 55.7 Å². The first-order chi connectivity index (χ1) is 16.1. The summed E-state index contributed by atoms with van der Waals surface area (Å²) >= 11 is 0. The predicted molar refractivity (Wildman–Crippen MR) is 131 cm³/mol. The molecule has 5 heteroatoms. The Morgan fingerprint density at radius 1 is 0.970 bits per heavy atom. The van der Waals surface area contributed by atoms with Crippen molar-refractivity contribution >= 4 is 17.6 Å². The van der Waals surface area contributed by atoms with Gasteiger partial charge in [-0.25, -0.2) is 0 Å². The summed E-state index contributed by atoms with van der Waals surface area (Å²) in [4.78, 5) is 29.0. The molecule has 0 aliphatic carbocycles. The average molecular weight is 449 g/mol. The number of para-hydroxylation sites is 1. The molecular weight excluding hydrogens is 412 g/mol. The van der Waals surface area contributed by atoms with Crippen LogP contribution >= 0.6 is 0 Å². The van der Waals surface area contributed by atoms with Crippen LogP contribution < -0.4 is 4.90 Å². The monoisotopic (exact) mass is 448 g/mol. The summed E-state index contributed by atoms with van der Waals surface area (Å²) in [5.41, 5.74) is 2.40. The molecule has 5 nitrogen and oxygen atoms in total. The second-order valence-corrected chi connectivity index (χ2v) is 9.62. The van der Waals surface area contributed by atoms with Crippen LogP contribution in [-0.2, 0) is 16.0 Å². The Morgan fingerprint density at radius 3 is 2.42 bits per heavy atom. The van der Waals surface area contributed by atoms with Crippen molar-refractivity contribution in [2.24, 2.45) is 11.8 Å². The predicted octanol–water partition coefficient (Wildman–Crippen LogP) is 5.01. The zero-order valence-corrected chi connectivity index (χ0v) is 19.4. The van der Waals surface area contributed by atoms with Gasteiger partial charge < -0.3 is 14.9 Å². The number of anilines is 1. The minimum Gasteiger partial charge on any atom is -0.481 e. The Labute approximate surface area is 197 Å². The van der Waals surface area contributed by atoms with E-state index >= 15 is 0 Å². The lowest BCUT2D eigenvalue weighted by atomic mass is 9.76. The number of carbonyl (C=O) groups excluding carboxylic acids is 1. The van der Waals surface area contributed by atoms with Crippen LogP contribution in [0.4, 0.5) is 5.69 Å². The Kier molecular flexibility index (Phi) is 8.16. The molecule has 0 saturated carbocycles. The van der Waals surface area contributed by atoms with Crippen LogP contribution in [0.15, 0.2) is 60.7 Å². The van der Waals surface area contributed by atoms with Gasteiger partial charge in [0.1, 0.15) is 0 Å². The fraction of sp³-hybridized carbons (Fsp3) is 0.500. The zero-order valence-electron chi connectivity index (χ0n) is 19.4. The van der Waals surface area contributed by atoms with Crippen molar-refractivity contribution in [3.8, 4) is 0 Å². The second kappa shape index (κ2) is 11.5. The van der Waals surface area contributed by atoms with E-state index in [0.29, 0.717) is 12.3 Å². The first-order valence-corrected chi connectivity index (χ1v) is 12.5. The van der Waals surface area contributed by atoms with Crippen molar-refractivity contribution in [3.63, 3.8) is 0 Å². The molecule has 2 aliphatic heterocycles. The third-order valence-corrected chi connectivity index (χ3v) is 7.32. The molecule has 2 fully saturated rings. The highest BCUT2D eigenvalue weighted by atomic mass is 16.4. The van der Waals surface area contributed by atoms with Gasteiger partial charge in [-0.1, -0.05) is 61.4 Å². The lowest BCUT2D eigenvalue weighted by molar-refractivity contribution is -0.137. The van der Waals surface area contributed by atoms with Crippen LogP contribution in [0, 0.1) is 11.8 Å². The van der Waals surface area contributed by atoms with Gasteiger partial charge in [-0.15, -0.1) is 0 Å². The number of hydrogen-bond donors (Lipinski definition) is 1. The zero-order chi connectivity index (χ0) is 23.0. The minimum absolute atomic E-state index is 0.0327. The molecule has 176 valence electrons. The van der Waals surface area contributed by atoms with Crippen molar-refractivity contribution in [1.82, 2.24) is 4.90 Å². The van der Waals surface area contributed by atoms with E-state index in [1.54, 1.807) is 0 Å². The Morgan fingerprint density at radius 2 is 1.70 bits per heavy atom. The van der Waals surface area contributed by atoms with E-state index in [0.717, 1.165) is 63.8 Å². The third-order valence-electron chi connectivity index (χ3n) is 7.32. The maximum Gasteiger partial charge on any atom is 0.303 e. The number of fused-ring (bicyclic) bond motifs is 1. The van der Waals surface area contributed by atoms with Gasteiger partial charge in [0.05, 0.1) is 0 Å². The highest BCUT2D eigenvalue weighted by molar-refractivity contribution is 5.96. The normalized spacial score (nSPS) is 23.3. The molecule has 2 aromatic carbocycles. The molecule has 3 unspecified atom stereocenters. The molecule has 1 amide bonds. The van der Waals surface area contributed by atoms with E-state index in [1.165, 1.54) is 5.56 Å². The first-order valence-electron chi connectivity index (χ1n) is 12.5. The molecule has 2 saturated heterocycles. The Balaban J connectivity index is 1.41. The highest BCUT2D eigenvalue weighted by Crippen LogP contribution is 2.39. The fourth-order valence-electron chi connectivity index (χ4n) is 5.62. The molecule has 2 aliphatic rings. The van der Waals surface area contributed by atoms with Crippen molar-refractivity contribution in [1.29, 1.82) is 0 Å². The van der Waals surface area contributed by atoms with Crippen molar-refractivity contribution in [2.75, 3.05) is 24.5 Å². The lowest BCUT2D eigenvalue weighted by Gasteiger charge is -2.49. The van der Waals surface area contributed by atoms with Gasteiger partial charge in [-0.2, -0.15) is 0 Å². The van der Waals surface area contributed by atoms with Crippen LogP contribution in [0.25, 0.3) is 0 Å². The highest BCUT2D eigenvalue weighted by Gasteiger charge is 2.44. The molecule has 2 aromatic rings. The summed E-state index contributed by atoms with van der Waals surface area (Å²) in [5, 5.41) is 8.87. The number of unbranched alkanes of at least 4 members (excludes halogenated alkanes) is 2. The molecule has 0 spiro atoms. The standard InChI is InChI=1S/C28H36N2O3/c31-27(32)15-9-2-6-12-23-20-24-21-29(18-16-22-10-4-1-5-11-22)19-17-26(24)30(28(23)33)25-13-7-3-8-14-25/h1,3-5,7-8,10-11,13-14,23-24,26H,2,6,9,12,15-21H2,(H,31,32). The lowest BCUT2D eigenvalue weighted by Crippen LogP contribution is -2.59. The first kappa shape index (κ1) is 23.5. The largest absolute Gasteiger partial charge is 0.481 e. The van der Waals surface area contributed by atoms with Crippen LogP contribution in [0.1, 0.15) is 50.5 Å². The third kappa shape index (κ3) is 6.23. The second-order valence-electron chi connectivity index (χ2n) is 9.62. The SMILES string of the molecule is O=C(O)CCCCCC1CC2CN(CCc3ccccc3)CCC2N(c2ccccc2)C1=O. The summed E-state index contributed by atoms with van der Waals surface area (Å²) < 4.78 is 0. The number of carbonyl (C=O) groups is 2. The molecule has 4 rings (SSSR count). The maximum atomic E-state index is 13.6. The number of hydrogen-bond acceptors (Lipinski definition) is 3. The van der Waals surface area contributed by atoms with Crippen LogP contribution in [0.5, 0.6) is 0 Å². The molecule has 0 radical (unpaired) electrons. The number of amides is 1. The number of carboxylic acids is 1. The minimum atomic E-state index is -0.736. The van der Waals surface area contributed by atoms with Gasteiger partial charge in [-0.3, -0.25) is 9.59 Å². The molecule has 0 bridgehead atoms. The summed E-state index contributed by atoms with van der Waals surface area (Å²) in [7, 11) is 0. The maximum absolute atomic E-state index is 13.6. The summed E-state index contributed by atoms with van der Waals surface area (Å²) in [5.74, 6) is 0.0415. The number of benzene rings is 2. The van der Waals surface area contributed by atoms with E-state index in [1.807, 2.05) is 18.2 Å². The molecule has 3 atom stereocenters. The molecular formula is C28H36N2O3. The van der Waals surface area contributed by atoms with Gasteiger partial charge in [0.15, 0.2) is 0 Å². The number of aliphatic carboxylic acids is 1. The van der Waals surface area contributed by atoms with Gasteiger partial charge in [0.25, 0.3) is 0 Å². The van der Waals surface area contributed by atoms with Crippen LogP contribution in [-0.4, -0.2) is 47.6 Å². The summed E-state index contributed by atoms with van der Waals surface area (Å²) in [6, 6.07) is 21.1. The smallest absolute Gasteiger partial charge is 0.303 e. The van der Waals surface area contributed by atoms with E-state index in [9.17, 15) is 9.59 Å². The average Bonchev–Trinajstić information content (AvgIpc) is 2.84. The topological polar surface area (TPSA) is 60.9 Å². The summed E-state index contributed by atoms with van der Waals surface area (Å²) in [6.07, 6.45) is 6.59. The van der Waals surface area contributed by atoms with Gasteiger partial charge >= 0.3 is 5.97 Å². The molecule has 0 aromatic heterocycles. The number of nitrogens with zero attached hydrogens (tertiary/aromatic N) is 2. The van der Waals surface area contributed by atoms with Crippen molar-refractivity contribution in [2.45, 2.75) is 57.4 Å². The summed E-state index contributed by atoms with van der Waals surface area (Å²) in [6.45, 7) is 3.14. The number of rotatable bonds is 10. The Hall–Kier alpha value is -2.66. The van der Waals surface area contributed by atoms with Crippen molar-refractivity contribution in [3.05, 3.63) is 66.2 Å². The number of carboxylic acid groups (broad SMARTS) is 1. The van der Waals surface area contributed by atoms with Crippen LogP contribution in [0.3, 0.4) is 0 Å². The fourth-order valence-corrected chi connectivity index (χ4v) is 5.62. The quantitative estimate of drug-likeness (QED) is 0.519.